The average molecular weight is 153 g/mol. The molecule has 0 saturated heterocycles. The normalized spacial score (nSPS) is 12.6. The third-order valence-corrected chi connectivity index (χ3v) is 0.867. The smallest absolute Gasteiger partial charge is 0.303 e. The van der Waals surface area contributed by atoms with Crippen LogP contribution in [0, 0.1) is 12.5 Å². The van der Waals surface area contributed by atoms with Crippen LogP contribution in [0.3, 0.4) is 0 Å². The van der Waals surface area contributed by atoms with Gasteiger partial charge in [0.15, 0.2) is 0 Å². The highest BCUT2D eigenvalue weighted by Gasteiger charge is 2.13. The maximum Gasteiger partial charge on any atom is 0.469 e. The third-order valence-electron chi connectivity index (χ3n) is 0.470. The summed E-state index contributed by atoms with van der Waals surface area (Å²) in [5, 5.41) is 0. The molecule has 0 heterocycles. The maximum atomic E-state index is 9.98. The lowest BCUT2D eigenvalue weighted by Gasteiger charge is -2.05. The maximum absolute atomic E-state index is 9.98. The van der Waals surface area contributed by atoms with Crippen molar-refractivity contribution in [3.8, 4) is 0 Å². The molecule has 0 rings (SSSR count). The van der Waals surface area contributed by atoms with Crippen molar-refractivity contribution in [2.75, 3.05) is 0 Å². The second-order valence-corrected chi connectivity index (χ2v) is 3.17. The molecule has 0 spiro atoms. The Morgan fingerprint density at radius 1 is 1.56 bits per heavy atom. The molecule has 0 aliphatic rings. The van der Waals surface area contributed by atoms with Crippen LogP contribution in [0.2, 0.25) is 0 Å². The van der Waals surface area contributed by atoms with Gasteiger partial charge in [0.05, 0.1) is 6.61 Å². The van der Waals surface area contributed by atoms with Gasteiger partial charge in [-0.2, -0.15) is 0 Å². The highest BCUT2D eigenvalue weighted by atomic mass is 31.2. The lowest BCUT2D eigenvalue weighted by atomic mass is 10.2. The van der Waals surface area contributed by atoms with E-state index in [4.69, 9.17) is 9.79 Å². The lowest BCUT2D eigenvalue weighted by Crippen LogP contribution is -1.92. The number of phosphoric ester groups is 1. The van der Waals surface area contributed by atoms with E-state index in [0.29, 0.717) is 0 Å². The van der Waals surface area contributed by atoms with Crippen molar-refractivity contribution in [3.05, 3.63) is 6.61 Å². The third kappa shape index (κ3) is 8.11. The van der Waals surface area contributed by atoms with Crippen LogP contribution in [-0.4, -0.2) is 9.79 Å². The largest absolute Gasteiger partial charge is 0.469 e. The van der Waals surface area contributed by atoms with Crippen LogP contribution in [0.5, 0.6) is 0 Å². The summed E-state index contributed by atoms with van der Waals surface area (Å²) in [5.41, 5.74) is 0. The molecule has 0 aliphatic carbocycles. The van der Waals surface area contributed by atoms with E-state index in [1.807, 2.05) is 0 Å². The quantitative estimate of drug-likeness (QED) is 0.591. The summed E-state index contributed by atoms with van der Waals surface area (Å²) in [7, 11) is -4.28. The summed E-state index contributed by atoms with van der Waals surface area (Å²) < 4.78 is 14.0. The molecule has 0 saturated carbocycles. The minimum Gasteiger partial charge on any atom is -0.303 e. The molecule has 0 unspecified atom stereocenters. The molecule has 1 radical (unpaired) electrons. The molecule has 0 aromatic rings. The molecule has 5 heteroatoms. The Kier molecular flexibility index (Phi) is 3.36. The first-order valence-corrected chi connectivity index (χ1v) is 4.02. The molecule has 4 nitrogen and oxygen atoms in total. The van der Waals surface area contributed by atoms with E-state index >= 15 is 0 Å². The van der Waals surface area contributed by atoms with Crippen LogP contribution in [0.4, 0.5) is 0 Å². The summed E-state index contributed by atoms with van der Waals surface area (Å²) in [5.74, 6) is 0.0256. The highest BCUT2D eigenvalue weighted by molar-refractivity contribution is 7.46. The Balaban J connectivity index is 3.40. The van der Waals surface area contributed by atoms with E-state index in [-0.39, 0.29) is 5.92 Å². The number of phosphoric acid groups is 1. The summed E-state index contributed by atoms with van der Waals surface area (Å²) in [4.78, 5) is 16.2. The van der Waals surface area contributed by atoms with Crippen molar-refractivity contribution in [1.29, 1.82) is 0 Å². The van der Waals surface area contributed by atoms with Crippen molar-refractivity contribution in [2.45, 2.75) is 13.8 Å². The average Bonchev–Trinajstić information content (AvgIpc) is 1.59. The van der Waals surface area contributed by atoms with E-state index in [9.17, 15) is 4.57 Å². The van der Waals surface area contributed by atoms with Crippen molar-refractivity contribution < 1.29 is 18.9 Å². The molecule has 55 valence electrons. The van der Waals surface area contributed by atoms with Crippen LogP contribution < -0.4 is 0 Å². The molecule has 0 aliphatic heterocycles. The van der Waals surface area contributed by atoms with Crippen LogP contribution in [-0.2, 0) is 9.09 Å². The zero-order chi connectivity index (χ0) is 7.49. The zero-order valence-corrected chi connectivity index (χ0v) is 6.21. The van der Waals surface area contributed by atoms with Gasteiger partial charge < -0.3 is 9.79 Å². The van der Waals surface area contributed by atoms with Crippen LogP contribution in [0.15, 0.2) is 0 Å². The molecule has 9 heavy (non-hydrogen) atoms. The molecule has 0 atom stereocenters. The van der Waals surface area contributed by atoms with E-state index < -0.39 is 7.82 Å². The Labute approximate surface area is 54.1 Å². The monoisotopic (exact) mass is 153 g/mol. The SMILES string of the molecule is CC(C)[CH]OP(=O)(O)O. The van der Waals surface area contributed by atoms with E-state index in [1.165, 1.54) is 0 Å². The van der Waals surface area contributed by atoms with Crippen LogP contribution >= 0.6 is 7.82 Å². The van der Waals surface area contributed by atoms with Gasteiger partial charge in [-0.1, -0.05) is 13.8 Å². The molecule has 0 fully saturated rings. The molecular weight excluding hydrogens is 143 g/mol. The van der Waals surface area contributed by atoms with E-state index in [1.54, 1.807) is 13.8 Å². The minimum absolute atomic E-state index is 0.0256. The second kappa shape index (κ2) is 3.32. The van der Waals surface area contributed by atoms with Crippen molar-refractivity contribution >= 4 is 7.82 Å². The van der Waals surface area contributed by atoms with Crippen LogP contribution in [0.25, 0.3) is 0 Å². The standard InChI is InChI=1S/C4H10O4P/c1-4(2)3-8-9(5,6)7/h3-4H,1-2H3,(H2,5,6,7). The van der Waals surface area contributed by atoms with E-state index in [0.717, 1.165) is 6.61 Å². The van der Waals surface area contributed by atoms with Gasteiger partial charge in [-0.3, -0.25) is 4.52 Å². The Bertz CT molecular complexity index is 116. The van der Waals surface area contributed by atoms with Crippen molar-refractivity contribution in [2.24, 2.45) is 5.92 Å². The fraction of sp³-hybridized carbons (Fsp3) is 0.750. The first-order valence-electron chi connectivity index (χ1n) is 2.49. The summed E-state index contributed by atoms with van der Waals surface area (Å²) in [6, 6.07) is 0. The van der Waals surface area contributed by atoms with Gasteiger partial charge in [0.25, 0.3) is 0 Å². The fourth-order valence-electron chi connectivity index (χ4n) is 0.201. The number of hydrogen-bond donors (Lipinski definition) is 2. The number of hydrogen-bond acceptors (Lipinski definition) is 2. The van der Waals surface area contributed by atoms with Crippen molar-refractivity contribution in [1.82, 2.24) is 0 Å². The predicted molar refractivity (Wildman–Crippen MR) is 32.3 cm³/mol. The van der Waals surface area contributed by atoms with Gasteiger partial charge in [-0.25, -0.2) is 4.57 Å². The van der Waals surface area contributed by atoms with Gasteiger partial charge in [-0.15, -0.1) is 0 Å². The lowest BCUT2D eigenvalue weighted by molar-refractivity contribution is 0.220. The van der Waals surface area contributed by atoms with Gasteiger partial charge in [0, 0.05) is 0 Å². The Morgan fingerprint density at radius 2 is 2.00 bits per heavy atom. The van der Waals surface area contributed by atoms with Crippen molar-refractivity contribution in [3.63, 3.8) is 0 Å². The van der Waals surface area contributed by atoms with Gasteiger partial charge in [0.2, 0.25) is 0 Å². The summed E-state index contributed by atoms with van der Waals surface area (Å²) >= 11 is 0. The first-order chi connectivity index (χ1) is 3.92. The minimum atomic E-state index is -4.28. The fourth-order valence-corrected chi connectivity index (χ4v) is 0.603. The highest BCUT2D eigenvalue weighted by Crippen LogP contribution is 2.37. The second-order valence-electron chi connectivity index (χ2n) is 1.98. The Morgan fingerprint density at radius 3 is 2.11 bits per heavy atom. The predicted octanol–water partition coefficient (Wildman–Crippen LogP) is 0.913. The molecule has 0 amide bonds. The summed E-state index contributed by atoms with van der Waals surface area (Å²) in [6.45, 7) is 4.63. The summed E-state index contributed by atoms with van der Waals surface area (Å²) in [6.07, 6.45) is 0. The topological polar surface area (TPSA) is 66.8 Å². The Hall–Kier alpha value is 0.110. The molecule has 0 aromatic heterocycles. The molecule has 0 bridgehead atoms. The van der Waals surface area contributed by atoms with Gasteiger partial charge in [0.1, 0.15) is 0 Å². The van der Waals surface area contributed by atoms with E-state index in [2.05, 4.69) is 4.52 Å². The first kappa shape index (κ1) is 9.11. The molecule has 2 N–H and O–H groups in total. The molecule has 0 aromatic carbocycles. The molecular formula is C4H10O4P. The van der Waals surface area contributed by atoms with Crippen LogP contribution in [0.1, 0.15) is 13.8 Å². The van der Waals surface area contributed by atoms with Gasteiger partial charge >= 0.3 is 7.82 Å². The van der Waals surface area contributed by atoms with Gasteiger partial charge in [-0.05, 0) is 5.92 Å². The zero-order valence-electron chi connectivity index (χ0n) is 5.31. The number of rotatable bonds is 3.